The van der Waals surface area contributed by atoms with Crippen LogP contribution in [0.3, 0.4) is 0 Å². The van der Waals surface area contributed by atoms with Crippen LogP contribution in [0.2, 0.25) is 0 Å². The first kappa shape index (κ1) is 19.2. The molecule has 160 valence electrons. The summed E-state index contributed by atoms with van der Waals surface area (Å²) in [5.41, 5.74) is 2.41. The summed E-state index contributed by atoms with van der Waals surface area (Å²) in [4.78, 5) is 19.4. The molecule has 4 aromatic rings. The molecule has 31 heavy (non-hydrogen) atoms. The lowest BCUT2D eigenvalue weighted by Gasteiger charge is -2.28. The van der Waals surface area contributed by atoms with Gasteiger partial charge in [-0.2, -0.15) is 14.9 Å². The van der Waals surface area contributed by atoms with Gasteiger partial charge in [-0.1, -0.05) is 6.92 Å². The number of carbonyl (C=O) groups is 1. The zero-order valence-electron chi connectivity index (χ0n) is 17.4. The number of H-pyrrole nitrogens is 1. The second kappa shape index (κ2) is 7.84. The smallest absolute Gasteiger partial charge is 0.225 e. The Morgan fingerprint density at radius 3 is 2.77 bits per heavy atom. The van der Waals surface area contributed by atoms with Gasteiger partial charge in [-0.3, -0.25) is 14.6 Å². The summed E-state index contributed by atoms with van der Waals surface area (Å²) in [5, 5.41) is 19.7. The minimum Gasteiger partial charge on any atom is -0.378 e. The average molecular weight is 421 g/mol. The van der Waals surface area contributed by atoms with Gasteiger partial charge in [-0.25, -0.2) is 4.98 Å². The number of aromatic amines is 1. The largest absolute Gasteiger partial charge is 0.378 e. The van der Waals surface area contributed by atoms with E-state index < -0.39 is 0 Å². The molecule has 0 unspecified atom stereocenters. The van der Waals surface area contributed by atoms with Crippen LogP contribution in [-0.4, -0.2) is 67.0 Å². The highest BCUT2D eigenvalue weighted by molar-refractivity contribution is 6.06. The Kier molecular flexibility index (Phi) is 4.86. The van der Waals surface area contributed by atoms with E-state index in [1.807, 2.05) is 25.2 Å². The topological polar surface area (TPSA) is 119 Å². The van der Waals surface area contributed by atoms with E-state index in [1.54, 1.807) is 28.7 Å². The van der Waals surface area contributed by atoms with E-state index in [4.69, 9.17) is 9.72 Å². The number of anilines is 2. The number of ether oxygens (including phenoxy) is 1. The Bertz CT molecular complexity index is 1220. The molecule has 0 bridgehead atoms. The molecule has 1 amide bonds. The lowest BCUT2D eigenvalue weighted by atomic mass is 10.1. The molecule has 0 aromatic carbocycles. The van der Waals surface area contributed by atoms with Crippen LogP contribution in [-0.2, 0) is 16.6 Å². The van der Waals surface area contributed by atoms with Gasteiger partial charge in [0, 0.05) is 44.4 Å². The van der Waals surface area contributed by atoms with Gasteiger partial charge in [0.05, 0.1) is 30.5 Å². The number of amides is 1. The van der Waals surface area contributed by atoms with Crippen LogP contribution in [0, 0.1) is 0 Å². The zero-order valence-corrected chi connectivity index (χ0v) is 17.4. The number of aryl methyl sites for hydroxylation is 1. The number of fused-ring (bicyclic) bond motifs is 1. The van der Waals surface area contributed by atoms with Gasteiger partial charge >= 0.3 is 0 Å². The van der Waals surface area contributed by atoms with Crippen molar-refractivity contribution in [1.82, 2.24) is 34.7 Å². The molecule has 1 saturated heterocycles. The highest BCUT2D eigenvalue weighted by Gasteiger charge is 2.24. The number of nitrogens with zero attached hydrogens (tertiary/aromatic N) is 7. The first-order valence-corrected chi connectivity index (χ1v) is 10.2. The van der Waals surface area contributed by atoms with Crippen molar-refractivity contribution in [3.8, 4) is 17.1 Å². The summed E-state index contributed by atoms with van der Waals surface area (Å²) in [7, 11) is 1.89. The van der Waals surface area contributed by atoms with Crippen LogP contribution in [0.4, 0.5) is 11.6 Å². The van der Waals surface area contributed by atoms with E-state index in [0.29, 0.717) is 36.9 Å². The van der Waals surface area contributed by atoms with Crippen LogP contribution in [0.5, 0.6) is 0 Å². The average Bonchev–Trinajstić information content (AvgIpc) is 3.54. The summed E-state index contributed by atoms with van der Waals surface area (Å²) in [5.74, 6) is 1.81. The van der Waals surface area contributed by atoms with E-state index in [2.05, 4.69) is 30.6 Å². The number of nitrogens with one attached hydrogen (secondary N) is 2. The van der Waals surface area contributed by atoms with E-state index in [-0.39, 0.29) is 5.91 Å². The highest BCUT2D eigenvalue weighted by Crippen LogP contribution is 2.36. The summed E-state index contributed by atoms with van der Waals surface area (Å²) >= 11 is 0. The third-order valence-electron chi connectivity index (χ3n) is 5.35. The number of carbonyl (C=O) groups excluding carboxylic acids is 1. The van der Waals surface area contributed by atoms with Gasteiger partial charge in [-0.15, -0.1) is 5.10 Å². The van der Waals surface area contributed by atoms with Gasteiger partial charge in [0.15, 0.2) is 17.3 Å². The molecule has 1 aliphatic rings. The normalized spacial score (nSPS) is 14.3. The summed E-state index contributed by atoms with van der Waals surface area (Å²) in [6.45, 7) is 4.61. The number of rotatable bonds is 5. The van der Waals surface area contributed by atoms with Crippen molar-refractivity contribution in [2.75, 3.05) is 36.5 Å². The fourth-order valence-corrected chi connectivity index (χ4v) is 3.74. The van der Waals surface area contributed by atoms with Gasteiger partial charge in [0.25, 0.3) is 0 Å². The van der Waals surface area contributed by atoms with Crippen molar-refractivity contribution in [1.29, 1.82) is 0 Å². The molecular formula is C20H23N9O2. The van der Waals surface area contributed by atoms with E-state index in [9.17, 15) is 4.79 Å². The number of aromatic nitrogens is 7. The summed E-state index contributed by atoms with van der Waals surface area (Å²) in [6.07, 6.45) is 3.75. The number of hydrogen-bond donors (Lipinski definition) is 2. The quantitative estimate of drug-likeness (QED) is 0.504. The minimum absolute atomic E-state index is 0.121. The zero-order chi connectivity index (χ0) is 21.4. The van der Waals surface area contributed by atoms with E-state index in [0.717, 1.165) is 35.6 Å². The molecule has 0 aliphatic carbocycles. The molecule has 0 saturated carbocycles. The maximum Gasteiger partial charge on any atom is 0.225 e. The Morgan fingerprint density at radius 2 is 2.10 bits per heavy atom. The van der Waals surface area contributed by atoms with Gasteiger partial charge in [0.2, 0.25) is 5.91 Å². The van der Waals surface area contributed by atoms with Gasteiger partial charge < -0.3 is 15.0 Å². The van der Waals surface area contributed by atoms with Crippen molar-refractivity contribution < 1.29 is 9.53 Å². The first-order chi connectivity index (χ1) is 15.2. The fraction of sp³-hybridized carbons (Fsp3) is 0.350. The Morgan fingerprint density at radius 1 is 1.26 bits per heavy atom. The van der Waals surface area contributed by atoms with Gasteiger partial charge in [0.1, 0.15) is 5.82 Å². The summed E-state index contributed by atoms with van der Waals surface area (Å²) < 4.78 is 8.99. The highest BCUT2D eigenvalue weighted by atomic mass is 16.5. The predicted octanol–water partition coefficient (Wildman–Crippen LogP) is 1.73. The third kappa shape index (κ3) is 3.42. The number of pyridine rings is 1. The van der Waals surface area contributed by atoms with Crippen molar-refractivity contribution >= 4 is 28.6 Å². The van der Waals surface area contributed by atoms with Crippen LogP contribution in [0.15, 0.2) is 30.6 Å². The maximum absolute atomic E-state index is 12.3. The molecule has 5 rings (SSSR count). The lowest BCUT2D eigenvalue weighted by molar-refractivity contribution is -0.115. The molecule has 1 fully saturated rings. The second-order valence-electron chi connectivity index (χ2n) is 7.27. The lowest BCUT2D eigenvalue weighted by Crippen LogP contribution is -2.36. The molecule has 4 aromatic heterocycles. The molecular weight excluding hydrogens is 398 g/mol. The predicted molar refractivity (Wildman–Crippen MR) is 115 cm³/mol. The molecule has 1 aliphatic heterocycles. The molecule has 2 N–H and O–H groups in total. The molecule has 5 heterocycles. The van der Waals surface area contributed by atoms with Crippen LogP contribution in [0.1, 0.15) is 13.3 Å². The van der Waals surface area contributed by atoms with E-state index in [1.165, 1.54) is 0 Å². The maximum atomic E-state index is 12.3. The molecule has 11 nitrogen and oxygen atoms in total. The minimum atomic E-state index is -0.121. The molecule has 0 spiro atoms. The van der Waals surface area contributed by atoms with Crippen molar-refractivity contribution in [2.45, 2.75) is 13.3 Å². The molecule has 0 radical (unpaired) electrons. The standard InChI is InChI=1S/C20H23N9O2/c1-3-17(30)24-19-18-13(14-4-7-22-27(14)2)12-16(28-8-10-31-11-9-28)23-20(18)29(26-19)15-5-6-21-25-15/h4-7,12H,3,8-11H2,1-2H3,(H,21,25)(H,24,26,30). The fourth-order valence-electron chi connectivity index (χ4n) is 3.74. The van der Waals surface area contributed by atoms with Gasteiger partial charge in [-0.05, 0) is 12.1 Å². The van der Waals surface area contributed by atoms with Crippen LogP contribution in [0.25, 0.3) is 28.1 Å². The summed E-state index contributed by atoms with van der Waals surface area (Å²) in [6, 6.07) is 5.78. The number of hydrogen-bond acceptors (Lipinski definition) is 7. The molecule has 11 heteroatoms. The van der Waals surface area contributed by atoms with Crippen molar-refractivity contribution in [2.24, 2.45) is 7.05 Å². The Hall–Kier alpha value is -3.73. The SMILES string of the molecule is CCC(=O)Nc1nn(-c2ccn[nH]2)c2nc(N3CCOCC3)cc(-c3ccnn3C)c12. The van der Waals surface area contributed by atoms with Crippen LogP contribution < -0.4 is 10.2 Å². The monoisotopic (exact) mass is 421 g/mol. The Balaban J connectivity index is 1.80. The van der Waals surface area contributed by atoms with E-state index >= 15 is 0 Å². The molecule has 0 atom stereocenters. The van der Waals surface area contributed by atoms with Crippen molar-refractivity contribution in [3.05, 3.63) is 30.6 Å². The van der Waals surface area contributed by atoms with Crippen molar-refractivity contribution in [3.63, 3.8) is 0 Å². The van der Waals surface area contributed by atoms with Crippen LogP contribution >= 0.6 is 0 Å². The first-order valence-electron chi connectivity index (χ1n) is 10.2. The Labute approximate surface area is 178 Å². The second-order valence-corrected chi connectivity index (χ2v) is 7.27. The third-order valence-corrected chi connectivity index (χ3v) is 5.35. The number of morpholine rings is 1.